The van der Waals surface area contributed by atoms with Crippen LogP contribution >= 0.6 is 23.1 Å². The van der Waals surface area contributed by atoms with E-state index in [1.807, 2.05) is 25.7 Å². The van der Waals surface area contributed by atoms with Crippen molar-refractivity contribution in [3.8, 4) is 0 Å². The smallest absolute Gasteiger partial charge is 0.185 e. The number of aryl methyl sites for hydroxylation is 1. The molecule has 0 spiro atoms. The highest BCUT2D eigenvalue weighted by atomic mass is 32.2. The monoisotopic (exact) mass is 230 g/mol. The minimum Gasteiger partial charge on any atom is -0.350 e. The lowest BCUT2D eigenvalue weighted by molar-refractivity contribution is 0.112. The molecule has 0 fully saturated rings. The van der Waals surface area contributed by atoms with Gasteiger partial charge in [-0.2, -0.15) is 11.8 Å². The lowest BCUT2D eigenvalue weighted by Gasteiger charge is -2.14. The quantitative estimate of drug-likeness (QED) is 0.725. The Labute approximate surface area is 92.5 Å². The fourth-order valence-electron chi connectivity index (χ4n) is 0.990. The number of carbonyl (C=O) groups excluding carboxylic acids is 1. The second-order valence-electron chi connectivity index (χ2n) is 2.98. The second-order valence-corrected chi connectivity index (χ2v) is 4.97. The van der Waals surface area contributed by atoms with Crippen LogP contribution in [0.1, 0.15) is 15.4 Å². The van der Waals surface area contributed by atoms with Gasteiger partial charge < -0.3 is 4.90 Å². The van der Waals surface area contributed by atoms with Gasteiger partial charge in [0.2, 0.25) is 0 Å². The summed E-state index contributed by atoms with van der Waals surface area (Å²) in [7, 11) is 2.00. The Balaban J connectivity index is 2.70. The molecule has 5 heteroatoms. The highest BCUT2D eigenvalue weighted by Crippen LogP contribution is 2.23. The third kappa shape index (κ3) is 2.72. The van der Waals surface area contributed by atoms with Crippen molar-refractivity contribution >= 4 is 34.5 Å². The number of thiazole rings is 1. The van der Waals surface area contributed by atoms with E-state index < -0.39 is 0 Å². The first-order valence-electron chi connectivity index (χ1n) is 4.31. The van der Waals surface area contributed by atoms with Crippen LogP contribution in [-0.2, 0) is 0 Å². The number of carbonyl (C=O) groups is 1. The number of thioether (sulfide) groups is 1. The van der Waals surface area contributed by atoms with Gasteiger partial charge in [-0.15, -0.1) is 0 Å². The van der Waals surface area contributed by atoms with Gasteiger partial charge in [0.25, 0.3) is 0 Å². The van der Waals surface area contributed by atoms with Gasteiger partial charge in [-0.05, 0) is 13.2 Å². The number of nitrogens with zero attached hydrogens (tertiary/aromatic N) is 2. The van der Waals surface area contributed by atoms with Gasteiger partial charge in [0, 0.05) is 19.3 Å². The zero-order valence-electron chi connectivity index (χ0n) is 8.61. The Morgan fingerprint density at radius 3 is 2.86 bits per heavy atom. The molecule has 0 saturated heterocycles. The minimum atomic E-state index is 0.732. The number of aldehydes is 1. The van der Waals surface area contributed by atoms with Gasteiger partial charge in [-0.3, -0.25) is 4.79 Å². The van der Waals surface area contributed by atoms with Gasteiger partial charge in [0.15, 0.2) is 11.4 Å². The van der Waals surface area contributed by atoms with E-state index in [9.17, 15) is 4.79 Å². The van der Waals surface area contributed by atoms with Crippen LogP contribution in [0, 0.1) is 6.92 Å². The van der Waals surface area contributed by atoms with Crippen molar-refractivity contribution in [1.82, 2.24) is 4.98 Å². The zero-order chi connectivity index (χ0) is 10.6. The summed E-state index contributed by atoms with van der Waals surface area (Å²) in [5.74, 6) is 1.07. The average molecular weight is 230 g/mol. The molecule has 0 radical (unpaired) electrons. The molecule has 0 bridgehead atoms. The van der Waals surface area contributed by atoms with Crippen LogP contribution in [0.2, 0.25) is 0 Å². The standard InChI is InChI=1S/C9H14N2OS2/c1-7-8(6-12)14-9(10-7)11(2)4-5-13-3/h6H,4-5H2,1-3H3. The molecule has 0 N–H and O–H groups in total. The van der Waals surface area contributed by atoms with Crippen LogP contribution in [0.4, 0.5) is 5.13 Å². The van der Waals surface area contributed by atoms with Crippen LogP contribution < -0.4 is 4.90 Å². The highest BCUT2D eigenvalue weighted by Gasteiger charge is 2.09. The van der Waals surface area contributed by atoms with Crippen molar-refractivity contribution < 1.29 is 4.79 Å². The summed E-state index contributed by atoms with van der Waals surface area (Å²) >= 11 is 3.26. The SMILES string of the molecule is CSCCN(C)c1nc(C)c(C=O)s1. The summed E-state index contributed by atoms with van der Waals surface area (Å²) in [5.41, 5.74) is 0.830. The molecule has 0 saturated carbocycles. The van der Waals surface area contributed by atoms with Crippen LogP contribution in [0.25, 0.3) is 0 Å². The number of aromatic nitrogens is 1. The highest BCUT2D eigenvalue weighted by molar-refractivity contribution is 7.98. The topological polar surface area (TPSA) is 33.2 Å². The molecule has 1 rings (SSSR count). The van der Waals surface area contributed by atoms with Crippen molar-refractivity contribution in [3.63, 3.8) is 0 Å². The predicted molar refractivity (Wildman–Crippen MR) is 63.9 cm³/mol. The maximum Gasteiger partial charge on any atom is 0.185 e. The molecule has 78 valence electrons. The van der Waals surface area contributed by atoms with Crippen molar-refractivity contribution in [2.24, 2.45) is 0 Å². The fourth-order valence-corrected chi connectivity index (χ4v) is 2.31. The molecule has 1 aromatic heterocycles. The molecular weight excluding hydrogens is 216 g/mol. The molecule has 0 aromatic carbocycles. The first-order valence-corrected chi connectivity index (χ1v) is 6.52. The molecule has 1 aromatic rings. The first kappa shape index (κ1) is 11.5. The van der Waals surface area contributed by atoms with Crippen LogP contribution in [0.5, 0.6) is 0 Å². The molecule has 0 aliphatic carbocycles. The summed E-state index contributed by atoms with van der Waals surface area (Å²) in [4.78, 5) is 17.8. The Bertz CT molecular complexity index is 312. The number of anilines is 1. The summed E-state index contributed by atoms with van der Waals surface area (Å²) < 4.78 is 0. The molecule has 0 atom stereocenters. The molecule has 3 nitrogen and oxygen atoms in total. The Kier molecular flexibility index (Phi) is 4.41. The molecular formula is C9H14N2OS2. The van der Waals surface area contributed by atoms with E-state index in [0.29, 0.717) is 0 Å². The summed E-state index contributed by atoms with van der Waals surface area (Å²) in [5, 5.41) is 0.929. The molecule has 1 heterocycles. The Morgan fingerprint density at radius 1 is 1.64 bits per heavy atom. The van der Waals surface area contributed by atoms with E-state index in [1.165, 1.54) is 11.3 Å². The maximum atomic E-state index is 10.6. The third-order valence-electron chi connectivity index (χ3n) is 1.89. The Hall–Kier alpha value is -0.550. The van der Waals surface area contributed by atoms with E-state index in [4.69, 9.17) is 0 Å². The number of hydrogen-bond acceptors (Lipinski definition) is 5. The largest absolute Gasteiger partial charge is 0.350 e. The molecule has 0 aliphatic heterocycles. The molecule has 0 amide bonds. The van der Waals surface area contributed by atoms with Crippen LogP contribution in [0.15, 0.2) is 0 Å². The number of rotatable bonds is 5. The van der Waals surface area contributed by atoms with E-state index >= 15 is 0 Å². The van der Waals surface area contributed by atoms with Gasteiger partial charge in [0.1, 0.15) is 0 Å². The van der Waals surface area contributed by atoms with Crippen molar-refractivity contribution in [1.29, 1.82) is 0 Å². The normalized spacial score (nSPS) is 10.2. The second kappa shape index (κ2) is 5.36. The maximum absolute atomic E-state index is 10.6. The summed E-state index contributed by atoms with van der Waals surface area (Å²) in [6.45, 7) is 2.83. The lowest BCUT2D eigenvalue weighted by Crippen LogP contribution is -2.19. The minimum absolute atomic E-state index is 0.732. The number of hydrogen-bond donors (Lipinski definition) is 0. The van der Waals surface area contributed by atoms with Crippen LogP contribution in [0.3, 0.4) is 0 Å². The van der Waals surface area contributed by atoms with Gasteiger partial charge >= 0.3 is 0 Å². The third-order valence-corrected chi connectivity index (χ3v) is 3.67. The van der Waals surface area contributed by atoms with E-state index in [-0.39, 0.29) is 0 Å². The summed E-state index contributed by atoms with van der Waals surface area (Å²) in [6, 6.07) is 0. The van der Waals surface area contributed by atoms with Crippen molar-refractivity contribution in [3.05, 3.63) is 10.6 Å². The van der Waals surface area contributed by atoms with Gasteiger partial charge in [-0.1, -0.05) is 11.3 Å². The summed E-state index contributed by atoms with van der Waals surface area (Å²) in [6.07, 6.45) is 2.96. The Morgan fingerprint density at radius 2 is 2.36 bits per heavy atom. The van der Waals surface area contributed by atoms with Gasteiger partial charge in [0.05, 0.1) is 10.6 Å². The lowest BCUT2D eigenvalue weighted by atomic mass is 10.4. The van der Waals surface area contributed by atoms with E-state index in [1.54, 1.807) is 0 Å². The molecule has 0 unspecified atom stereocenters. The molecule has 14 heavy (non-hydrogen) atoms. The van der Waals surface area contributed by atoms with Crippen molar-refractivity contribution in [2.75, 3.05) is 30.5 Å². The zero-order valence-corrected chi connectivity index (χ0v) is 10.2. The van der Waals surface area contributed by atoms with E-state index in [2.05, 4.69) is 16.1 Å². The predicted octanol–water partition coefficient (Wildman–Crippen LogP) is 2.06. The average Bonchev–Trinajstić information content (AvgIpc) is 2.56. The van der Waals surface area contributed by atoms with Crippen LogP contribution in [-0.4, -0.2) is 36.9 Å². The first-order chi connectivity index (χ1) is 6.69. The van der Waals surface area contributed by atoms with Gasteiger partial charge in [-0.25, -0.2) is 4.98 Å². The van der Waals surface area contributed by atoms with E-state index in [0.717, 1.165) is 34.3 Å². The van der Waals surface area contributed by atoms with Crippen molar-refractivity contribution in [2.45, 2.75) is 6.92 Å². The fraction of sp³-hybridized carbons (Fsp3) is 0.556. The molecule has 0 aliphatic rings.